The lowest BCUT2D eigenvalue weighted by Gasteiger charge is -2.27. The molecule has 0 bridgehead atoms. The third-order valence-corrected chi connectivity index (χ3v) is 3.35. The molecule has 1 atom stereocenters. The second-order valence-corrected chi connectivity index (χ2v) is 4.87. The van der Waals surface area contributed by atoms with Crippen molar-refractivity contribution in [3.05, 3.63) is 29.3 Å². The van der Waals surface area contributed by atoms with E-state index in [9.17, 15) is 0 Å². The lowest BCUT2D eigenvalue weighted by atomic mass is 10.3. The van der Waals surface area contributed by atoms with E-state index in [1.807, 2.05) is 31.2 Å². The van der Waals surface area contributed by atoms with Crippen LogP contribution in [0.4, 0.5) is 0 Å². The Kier molecular flexibility index (Phi) is 5.29. The van der Waals surface area contributed by atoms with E-state index in [2.05, 4.69) is 4.90 Å². The van der Waals surface area contributed by atoms with Crippen LogP contribution in [0, 0.1) is 0 Å². The van der Waals surface area contributed by atoms with Gasteiger partial charge in [0.1, 0.15) is 5.75 Å². The van der Waals surface area contributed by atoms with Gasteiger partial charge in [-0.3, -0.25) is 4.90 Å². The van der Waals surface area contributed by atoms with Gasteiger partial charge in [-0.05, 0) is 44.0 Å². The van der Waals surface area contributed by atoms with Crippen LogP contribution in [0.25, 0.3) is 0 Å². The molecule has 1 aliphatic heterocycles. The number of halogens is 1. The zero-order chi connectivity index (χ0) is 12.8. The van der Waals surface area contributed by atoms with Gasteiger partial charge in [-0.15, -0.1) is 0 Å². The number of ether oxygens (including phenoxy) is 2. The minimum atomic E-state index is 0.00799. The zero-order valence-corrected chi connectivity index (χ0v) is 11.5. The molecule has 0 aliphatic carbocycles. The van der Waals surface area contributed by atoms with Gasteiger partial charge in [0.25, 0.3) is 0 Å². The molecule has 100 valence electrons. The van der Waals surface area contributed by atoms with Gasteiger partial charge in [0, 0.05) is 24.7 Å². The highest BCUT2D eigenvalue weighted by Gasteiger charge is 2.23. The average molecular weight is 270 g/mol. The van der Waals surface area contributed by atoms with Crippen LogP contribution in [0.2, 0.25) is 5.02 Å². The fourth-order valence-corrected chi connectivity index (χ4v) is 2.26. The Morgan fingerprint density at radius 2 is 1.89 bits per heavy atom. The summed E-state index contributed by atoms with van der Waals surface area (Å²) in [6, 6.07) is 7.49. The lowest BCUT2D eigenvalue weighted by Crippen LogP contribution is -2.41. The molecule has 1 aliphatic rings. The molecule has 0 N–H and O–H groups in total. The molecule has 0 saturated carbocycles. The molecular formula is C14H20ClNO2. The number of nitrogens with zero attached hydrogens (tertiary/aromatic N) is 1. The van der Waals surface area contributed by atoms with Crippen molar-refractivity contribution in [2.75, 3.05) is 26.3 Å². The molecule has 2 rings (SSSR count). The Balaban J connectivity index is 1.97. The summed E-state index contributed by atoms with van der Waals surface area (Å²) in [5.74, 6) is 0.844. The Morgan fingerprint density at radius 3 is 2.50 bits per heavy atom. The Morgan fingerprint density at radius 1 is 1.22 bits per heavy atom. The van der Waals surface area contributed by atoms with Crippen LogP contribution in [-0.2, 0) is 4.74 Å². The van der Waals surface area contributed by atoms with E-state index >= 15 is 0 Å². The van der Waals surface area contributed by atoms with Crippen molar-refractivity contribution in [3.8, 4) is 5.75 Å². The van der Waals surface area contributed by atoms with E-state index in [0.717, 1.165) is 23.9 Å². The predicted molar refractivity (Wildman–Crippen MR) is 73.2 cm³/mol. The number of rotatable bonds is 6. The standard InChI is InChI=1S/C14H20ClNO2/c1-2-17-11-14(16-9-3-4-10-16)18-13-7-5-12(15)6-8-13/h5-8,14H,2-4,9-11H2,1H3. The molecule has 0 spiro atoms. The average Bonchev–Trinajstić information content (AvgIpc) is 2.90. The van der Waals surface area contributed by atoms with Gasteiger partial charge in [0.15, 0.2) is 6.23 Å². The summed E-state index contributed by atoms with van der Waals surface area (Å²) in [5.41, 5.74) is 0. The first-order chi connectivity index (χ1) is 8.79. The summed E-state index contributed by atoms with van der Waals surface area (Å²) in [6.45, 7) is 5.51. The number of likely N-dealkylation sites (tertiary alicyclic amines) is 1. The Bertz CT molecular complexity index is 349. The van der Waals surface area contributed by atoms with Gasteiger partial charge in [0.05, 0.1) is 6.61 Å². The van der Waals surface area contributed by atoms with E-state index in [1.165, 1.54) is 12.8 Å². The molecule has 4 heteroatoms. The zero-order valence-electron chi connectivity index (χ0n) is 10.8. The number of hydrogen-bond donors (Lipinski definition) is 0. The highest BCUT2D eigenvalue weighted by molar-refractivity contribution is 6.30. The first-order valence-electron chi connectivity index (χ1n) is 6.53. The molecule has 1 aromatic carbocycles. The number of benzene rings is 1. The fourth-order valence-electron chi connectivity index (χ4n) is 2.13. The molecule has 1 unspecified atom stereocenters. The Labute approximate surface area is 114 Å². The summed E-state index contributed by atoms with van der Waals surface area (Å²) in [4.78, 5) is 2.34. The molecule has 18 heavy (non-hydrogen) atoms. The molecule has 1 heterocycles. The molecule has 1 saturated heterocycles. The first-order valence-corrected chi connectivity index (χ1v) is 6.91. The lowest BCUT2D eigenvalue weighted by molar-refractivity contribution is -0.0291. The van der Waals surface area contributed by atoms with Crippen LogP contribution in [-0.4, -0.2) is 37.4 Å². The minimum absolute atomic E-state index is 0.00799. The van der Waals surface area contributed by atoms with Crippen molar-refractivity contribution in [2.24, 2.45) is 0 Å². The van der Waals surface area contributed by atoms with Gasteiger partial charge in [-0.2, -0.15) is 0 Å². The van der Waals surface area contributed by atoms with Crippen LogP contribution in [0.15, 0.2) is 24.3 Å². The predicted octanol–water partition coefficient (Wildman–Crippen LogP) is 3.18. The van der Waals surface area contributed by atoms with Crippen LogP contribution < -0.4 is 4.74 Å². The van der Waals surface area contributed by atoms with Crippen LogP contribution in [0.3, 0.4) is 0 Å². The maximum Gasteiger partial charge on any atom is 0.176 e. The molecule has 0 amide bonds. The van der Waals surface area contributed by atoms with E-state index in [1.54, 1.807) is 0 Å². The maximum atomic E-state index is 6.00. The van der Waals surface area contributed by atoms with Crippen molar-refractivity contribution >= 4 is 11.6 Å². The quantitative estimate of drug-likeness (QED) is 0.792. The van der Waals surface area contributed by atoms with E-state index in [4.69, 9.17) is 21.1 Å². The molecular weight excluding hydrogens is 250 g/mol. The second kappa shape index (κ2) is 6.98. The van der Waals surface area contributed by atoms with E-state index < -0.39 is 0 Å². The monoisotopic (exact) mass is 269 g/mol. The normalized spacial score (nSPS) is 17.9. The van der Waals surface area contributed by atoms with Crippen molar-refractivity contribution in [1.82, 2.24) is 4.90 Å². The van der Waals surface area contributed by atoms with E-state index in [0.29, 0.717) is 13.2 Å². The number of hydrogen-bond acceptors (Lipinski definition) is 3. The molecule has 1 fully saturated rings. The second-order valence-electron chi connectivity index (χ2n) is 4.43. The highest BCUT2D eigenvalue weighted by Crippen LogP contribution is 2.20. The minimum Gasteiger partial charge on any atom is -0.473 e. The van der Waals surface area contributed by atoms with Gasteiger partial charge in [0.2, 0.25) is 0 Å². The summed E-state index contributed by atoms with van der Waals surface area (Å²) in [5, 5.41) is 0.727. The van der Waals surface area contributed by atoms with Gasteiger partial charge >= 0.3 is 0 Å². The first kappa shape index (κ1) is 13.7. The largest absolute Gasteiger partial charge is 0.473 e. The molecule has 0 aromatic heterocycles. The van der Waals surface area contributed by atoms with Crippen molar-refractivity contribution in [1.29, 1.82) is 0 Å². The Hall–Kier alpha value is -0.770. The summed E-state index contributed by atoms with van der Waals surface area (Å²) < 4.78 is 11.5. The van der Waals surface area contributed by atoms with Gasteiger partial charge < -0.3 is 9.47 Å². The molecule has 0 radical (unpaired) electrons. The van der Waals surface area contributed by atoms with Crippen molar-refractivity contribution < 1.29 is 9.47 Å². The van der Waals surface area contributed by atoms with Crippen molar-refractivity contribution in [2.45, 2.75) is 26.0 Å². The van der Waals surface area contributed by atoms with Crippen molar-refractivity contribution in [3.63, 3.8) is 0 Å². The molecule has 3 nitrogen and oxygen atoms in total. The van der Waals surface area contributed by atoms with E-state index in [-0.39, 0.29) is 6.23 Å². The topological polar surface area (TPSA) is 21.7 Å². The van der Waals surface area contributed by atoms with Crippen LogP contribution in [0.1, 0.15) is 19.8 Å². The molecule has 1 aromatic rings. The fraction of sp³-hybridized carbons (Fsp3) is 0.571. The van der Waals surface area contributed by atoms with Gasteiger partial charge in [-0.25, -0.2) is 0 Å². The third-order valence-electron chi connectivity index (χ3n) is 3.10. The third kappa shape index (κ3) is 3.87. The van der Waals surface area contributed by atoms with Crippen LogP contribution >= 0.6 is 11.6 Å². The van der Waals surface area contributed by atoms with Crippen LogP contribution in [0.5, 0.6) is 5.75 Å². The SMILES string of the molecule is CCOCC(Oc1ccc(Cl)cc1)N1CCCC1. The summed E-state index contributed by atoms with van der Waals surface area (Å²) in [7, 11) is 0. The summed E-state index contributed by atoms with van der Waals surface area (Å²) >= 11 is 5.87. The highest BCUT2D eigenvalue weighted by atomic mass is 35.5. The summed E-state index contributed by atoms with van der Waals surface area (Å²) in [6.07, 6.45) is 2.49. The smallest absolute Gasteiger partial charge is 0.176 e. The van der Waals surface area contributed by atoms with Gasteiger partial charge in [-0.1, -0.05) is 11.6 Å². The maximum absolute atomic E-state index is 6.00.